The Kier molecular flexibility index (Phi) is 5.54. The number of ether oxygens (including phenoxy) is 1. The van der Waals surface area contributed by atoms with Crippen LogP contribution >= 0.6 is 0 Å². The van der Waals surface area contributed by atoms with Crippen molar-refractivity contribution < 1.29 is 4.74 Å². The van der Waals surface area contributed by atoms with Crippen LogP contribution in [0.2, 0.25) is 0 Å². The minimum absolute atomic E-state index is 0.408. The van der Waals surface area contributed by atoms with E-state index >= 15 is 0 Å². The molecule has 3 fully saturated rings. The fourth-order valence-corrected chi connectivity index (χ4v) is 3.76. The van der Waals surface area contributed by atoms with Gasteiger partial charge in [-0.2, -0.15) is 0 Å². The summed E-state index contributed by atoms with van der Waals surface area (Å²) in [5.41, 5.74) is 0. The first-order valence-electron chi connectivity index (χ1n) is 9.05. The highest BCUT2D eigenvalue weighted by Crippen LogP contribution is 2.28. The molecular formula is C17H33N3O. The van der Waals surface area contributed by atoms with Gasteiger partial charge in [0.05, 0.1) is 12.7 Å². The quantitative estimate of drug-likeness (QED) is 0.807. The molecule has 122 valence electrons. The highest BCUT2D eigenvalue weighted by molar-refractivity contribution is 4.90. The monoisotopic (exact) mass is 295 g/mol. The Morgan fingerprint density at radius 1 is 1.19 bits per heavy atom. The maximum atomic E-state index is 6.05. The summed E-state index contributed by atoms with van der Waals surface area (Å²) in [7, 11) is 0. The molecule has 3 rings (SSSR count). The van der Waals surface area contributed by atoms with Gasteiger partial charge in [-0.25, -0.2) is 0 Å². The second kappa shape index (κ2) is 7.40. The van der Waals surface area contributed by atoms with Gasteiger partial charge in [-0.3, -0.25) is 9.80 Å². The van der Waals surface area contributed by atoms with Gasteiger partial charge < -0.3 is 10.1 Å². The predicted octanol–water partition coefficient (Wildman–Crippen LogP) is 1.70. The fraction of sp³-hybridized carbons (Fsp3) is 1.00. The van der Waals surface area contributed by atoms with Crippen molar-refractivity contribution in [1.82, 2.24) is 15.1 Å². The Labute approximate surface area is 130 Å². The Hall–Kier alpha value is -0.160. The third kappa shape index (κ3) is 4.65. The maximum Gasteiger partial charge on any atom is 0.0829 e. The lowest BCUT2D eigenvalue weighted by Gasteiger charge is -2.39. The summed E-state index contributed by atoms with van der Waals surface area (Å²) in [6.45, 7) is 11.3. The molecule has 4 nitrogen and oxygen atoms in total. The number of hydrogen-bond acceptors (Lipinski definition) is 4. The van der Waals surface area contributed by atoms with Gasteiger partial charge in [0.15, 0.2) is 0 Å². The molecule has 0 aromatic heterocycles. The lowest BCUT2D eigenvalue weighted by molar-refractivity contribution is -0.0541. The molecule has 3 aliphatic rings. The van der Waals surface area contributed by atoms with Crippen LogP contribution in [0, 0.1) is 0 Å². The molecule has 2 atom stereocenters. The van der Waals surface area contributed by atoms with Crippen LogP contribution in [0.1, 0.15) is 46.0 Å². The summed E-state index contributed by atoms with van der Waals surface area (Å²) >= 11 is 0. The van der Waals surface area contributed by atoms with E-state index in [1.54, 1.807) is 0 Å². The van der Waals surface area contributed by atoms with E-state index in [4.69, 9.17) is 4.74 Å². The summed E-state index contributed by atoms with van der Waals surface area (Å²) in [5.74, 6) is 0. The first-order valence-corrected chi connectivity index (χ1v) is 9.05. The standard InChI is InChI=1S/C17H33N3O/c1-14(2)19-9-10-21-17(12-19)13-20(16-6-7-16)11-15-5-3-4-8-18-15/h14-18H,3-13H2,1-2H3. The number of hydrogen-bond donors (Lipinski definition) is 1. The van der Waals surface area contributed by atoms with E-state index in [1.807, 2.05) is 0 Å². The molecule has 0 aromatic carbocycles. The lowest BCUT2D eigenvalue weighted by atomic mass is 10.0. The second-order valence-corrected chi connectivity index (χ2v) is 7.41. The minimum Gasteiger partial charge on any atom is -0.374 e. The number of nitrogens with one attached hydrogen (secondary N) is 1. The van der Waals surface area contributed by atoms with E-state index in [0.717, 1.165) is 32.3 Å². The molecule has 0 amide bonds. The minimum atomic E-state index is 0.408. The fourth-order valence-electron chi connectivity index (χ4n) is 3.76. The molecule has 1 saturated carbocycles. The maximum absolute atomic E-state index is 6.05. The molecule has 2 saturated heterocycles. The number of rotatable bonds is 6. The van der Waals surface area contributed by atoms with Gasteiger partial charge in [-0.05, 0) is 46.1 Å². The van der Waals surface area contributed by atoms with Crippen LogP contribution in [0.25, 0.3) is 0 Å². The average molecular weight is 295 g/mol. The highest BCUT2D eigenvalue weighted by Gasteiger charge is 2.34. The lowest BCUT2D eigenvalue weighted by Crippen LogP contribution is -2.52. The molecule has 0 spiro atoms. The highest BCUT2D eigenvalue weighted by atomic mass is 16.5. The van der Waals surface area contributed by atoms with E-state index in [-0.39, 0.29) is 0 Å². The van der Waals surface area contributed by atoms with Crippen molar-refractivity contribution in [3.63, 3.8) is 0 Å². The number of piperidine rings is 1. The zero-order chi connectivity index (χ0) is 14.7. The van der Waals surface area contributed by atoms with E-state index in [2.05, 4.69) is 29.0 Å². The van der Waals surface area contributed by atoms with Gasteiger partial charge in [-0.15, -0.1) is 0 Å². The molecule has 2 unspecified atom stereocenters. The van der Waals surface area contributed by atoms with Gasteiger partial charge >= 0.3 is 0 Å². The summed E-state index contributed by atoms with van der Waals surface area (Å²) in [6, 6.07) is 2.20. The normalized spacial score (nSPS) is 32.0. The van der Waals surface area contributed by atoms with Crippen LogP contribution in [0.15, 0.2) is 0 Å². The van der Waals surface area contributed by atoms with E-state index < -0.39 is 0 Å². The molecule has 4 heteroatoms. The van der Waals surface area contributed by atoms with Crippen molar-refractivity contribution in [3.05, 3.63) is 0 Å². The molecule has 0 radical (unpaired) electrons. The molecule has 2 heterocycles. The molecule has 21 heavy (non-hydrogen) atoms. The van der Waals surface area contributed by atoms with Crippen LogP contribution in [0.5, 0.6) is 0 Å². The van der Waals surface area contributed by atoms with Gasteiger partial charge in [0, 0.05) is 44.3 Å². The van der Waals surface area contributed by atoms with Crippen molar-refractivity contribution in [2.45, 2.75) is 70.2 Å². The second-order valence-electron chi connectivity index (χ2n) is 7.41. The first kappa shape index (κ1) is 15.7. The number of nitrogens with zero attached hydrogens (tertiary/aromatic N) is 2. The smallest absolute Gasteiger partial charge is 0.0829 e. The SMILES string of the molecule is CC(C)N1CCOC(CN(CC2CCCCN2)C2CC2)C1. The molecule has 0 bridgehead atoms. The molecule has 1 N–H and O–H groups in total. The molecule has 2 aliphatic heterocycles. The largest absolute Gasteiger partial charge is 0.374 e. The van der Waals surface area contributed by atoms with Crippen LogP contribution in [0.4, 0.5) is 0 Å². The van der Waals surface area contributed by atoms with Crippen molar-refractivity contribution in [3.8, 4) is 0 Å². The van der Waals surface area contributed by atoms with Crippen molar-refractivity contribution in [2.24, 2.45) is 0 Å². The summed E-state index contributed by atoms with van der Waals surface area (Å²) in [6.07, 6.45) is 7.31. The third-order valence-electron chi connectivity index (χ3n) is 5.27. The van der Waals surface area contributed by atoms with E-state index in [9.17, 15) is 0 Å². The molecular weight excluding hydrogens is 262 g/mol. The van der Waals surface area contributed by atoms with E-state index in [1.165, 1.54) is 45.2 Å². The van der Waals surface area contributed by atoms with Crippen LogP contribution < -0.4 is 5.32 Å². The van der Waals surface area contributed by atoms with Crippen molar-refractivity contribution >= 4 is 0 Å². The van der Waals surface area contributed by atoms with E-state index in [0.29, 0.717) is 18.2 Å². The van der Waals surface area contributed by atoms with Crippen LogP contribution in [-0.2, 0) is 4.74 Å². The average Bonchev–Trinajstić information content (AvgIpc) is 3.33. The zero-order valence-electron chi connectivity index (χ0n) is 13.9. The Morgan fingerprint density at radius 2 is 2.05 bits per heavy atom. The Morgan fingerprint density at radius 3 is 2.71 bits per heavy atom. The summed E-state index contributed by atoms with van der Waals surface area (Å²) in [5, 5.41) is 3.70. The van der Waals surface area contributed by atoms with Gasteiger partial charge in [0.25, 0.3) is 0 Å². The zero-order valence-corrected chi connectivity index (χ0v) is 13.9. The number of morpholine rings is 1. The van der Waals surface area contributed by atoms with Gasteiger partial charge in [-0.1, -0.05) is 6.42 Å². The van der Waals surface area contributed by atoms with Crippen molar-refractivity contribution in [1.29, 1.82) is 0 Å². The first-order chi connectivity index (χ1) is 10.2. The van der Waals surface area contributed by atoms with Gasteiger partial charge in [0.1, 0.15) is 0 Å². The third-order valence-corrected chi connectivity index (χ3v) is 5.27. The summed E-state index contributed by atoms with van der Waals surface area (Å²) < 4.78 is 6.05. The Bertz CT molecular complexity index is 313. The topological polar surface area (TPSA) is 27.7 Å². The summed E-state index contributed by atoms with van der Waals surface area (Å²) in [4.78, 5) is 5.29. The van der Waals surface area contributed by atoms with Crippen LogP contribution in [-0.4, -0.2) is 73.4 Å². The molecule has 0 aromatic rings. The van der Waals surface area contributed by atoms with Crippen molar-refractivity contribution in [2.75, 3.05) is 39.3 Å². The Balaban J connectivity index is 1.50. The predicted molar refractivity (Wildman–Crippen MR) is 86.7 cm³/mol. The van der Waals surface area contributed by atoms with Gasteiger partial charge in [0.2, 0.25) is 0 Å². The van der Waals surface area contributed by atoms with Crippen LogP contribution in [0.3, 0.4) is 0 Å². The molecule has 1 aliphatic carbocycles.